The van der Waals surface area contributed by atoms with Crippen LogP contribution >= 0.6 is 0 Å². The molecule has 0 aromatic heterocycles. The third-order valence-electron chi connectivity index (χ3n) is 4.51. The van der Waals surface area contributed by atoms with E-state index in [1.165, 1.54) is 12.1 Å². The molecule has 1 fully saturated rings. The SMILES string of the molecule is CN=C(NCCC(C)C)NCC1CCN(c2ccccc2OC)C1. The van der Waals surface area contributed by atoms with Crippen molar-refractivity contribution in [2.45, 2.75) is 26.7 Å². The van der Waals surface area contributed by atoms with E-state index in [-0.39, 0.29) is 0 Å². The zero-order valence-corrected chi connectivity index (χ0v) is 15.5. The molecule has 1 heterocycles. The van der Waals surface area contributed by atoms with E-state index < -0.39 is 0 Å². The van der Waals surface area contributed by atoms with Crippen LogP contribution in [-0.4, -0.2) is 46.3 Å². The Morgan fingerprint density at radius 3 is 2.83 bits per heavy atom. The fraction of sp³-hybridized carbons (Fsp3) is 0.632. The molecular weight excluding hydrogens is 300 g/mol. The van der Waals surface area contributed by atoms with Crippen LogP contribution in [0.2, 0.25) is 0 Å². The maximum absolute atomic E-state index is 5.49. The van der Waals surface area contributed by atoms with Crippen LogP contribution in [-0.2, 0) is 0 Å². The van der Waals surface area contributed by atoms with Gasteiger partial charge in [-0.1, -0.05) is 26.0 Å². The average Bonchev–Trinajstić information content (AvgIpc) is 3.06. The Morgan fingerprint density at radius 2 is 2.12 bits per heavy atom. The van der Waals surface area contributed by atoms with Gasteiger partial charge in [-0.2, -0.15) is 0 Å². The van der Waals surface area contributed by atoms with Gasteiger partial charge in [0.2, 0.25) is 0 Å². The van der Waals surface area contributed by atoms with Crippen molar-refractivity contribution in [1.82, 2.24) is 10.6 Å². The van der Waals surface area contributed by atoms with Gasteiger partial charge in [-0.3, -0.25) is 4.99 Å². The first kappa shape index (κ1) is 18.4. The van der Waals surface area contributed by atoms with Crippen molar-refractivity contribution in [3.63, 3.8) is 0 Å². The summed E-state index contributed by atoms with van der Waals surface area (Å²) in [6.45, 7) is 8.52. The van der Waals surface area contributed by atoms with Crippen molar-refractivity contribution in [2.75, 3.05) is 45.2 Å². The molecule has 1 unspecified atom stereocenters. The molecule has 0 aliphatic carbocycles. The van der Waals surface area contributed by atoms with Crippen molar-refractivity contribution >= 4 is 11.6 Å². The van der Waals surface area contributed by atoms with Crippen molar-refractivity contribution < 1.29 is 4.74 Å². The number of rotatable bonds is 7. The highest BCUT2D eigenvalue weighted by molar-refractivity contribution is 5.79. The molecular formula is C19H32N4O. The Kier molecular flexibility index (Phi) is 7.22. The van der Waals surface area contributed by atoms with Crippen molar-refractivity contribution in [2.24, 2.45) is 16.8 Å². The lowest BCUT2D eigenvalue weighted by atomic mass is 10.1. The van der Waals surface area contributed by atoms with Crippen LogP contribution in [0, 0.1) is 11.8 Å². The molecule has 2 N–H and O–H groups in total. The van der Waals surface area contributed by atoms with Crippen LogP contribution in [0.5, 0.6) is 5.75 Å². The van der Waals surface area contributed by atoms with Gasteiger partial charge in [0.05, 0.1) is 12.8 Å². The van der Waals surface area contributed by atoms with Crippen LogP contribution in [0.3, 0.4) is 0 Å². The fourth-order valence-electron chi connectivity index (χ4n) is 3.05. The minimum absolute atomic E-state index is 0.624. The number of nitrogens with zero attached hydrogens (tertiary/aromatic N) is 2. The van der Waals surface area contributed by atoms with E-state index in [1.807, 2.05) is 19.2 Å². The number of hydrogen-bond acceptors (Lipinski definition) is 3. The van der Waals surface area contributed by atoms with Crippen LogP contribution in [0.25, 0.3) is 0 Å². The summed E-state index contributed by atoms with van der Waals surface area (Å²) in [6, 6.07) is 8.26. The quantitative estimate of drug-likeness (QED) is 0.595. The minimum Gasteiger partial charge on any atom is -0.495 e. The van der Waals surface area contributed by atoms with Crippen molar-refractivity contribution in [3.8, 4) is 5.75 Å². The van der Waals surface area contributed by atoms with Gasteiger partial charge in [0.1, 0.15) is 5.75 Å². The molecule has 1 saturated heterocycles. The number of hydrogen-bond donors (Lipinski definition) is 2. The number of anilines is 1. The summed E-state index contributed by atoms with van der Waals surface area (Å²) in [5.74, 6) is 3.20. The Morgan fingerprint density at radius 1 is 1.33 bits per heavy atom. The van der Waals surface area contributed by atoms with Crippen LogP contribution in [0.4, 0.5) is 5.69 Å². The third kappa shape index (κ3) is 5.32. The summed E-state index contributed by atoms with van der Waals surface area (Å²) in [6.07, 6.45) is 2.35. The second kappa shape index (κ2) is 9.40. The van der Waals surface area contributed by atoms with E-state index in [2.05, 4.69) is 46.5 Å². The summed E-state index contributed by atoms with van der Waals surface area (Å²) >= 11 is 0. The van der Waals surface area contributed by atoms with Gasteiger partial charge >= 0.3 is 0 Å². The van der Waals surface area contributed by atoms with Crippen LogP contribution < -0.4 is 20.3 Å². The predicted octanol–water partition coefficient (Wildman–Crippen LogP) is 2.73. The molecule has 0 bridgehead atoms. The topological polar surface area (TPSA) is 48.9 Å². The average molecular weight is 332 g/mol. The van der Waals surface area contributed by atoms with Crippen LogP contribution in [0.15, 0.2) is 29.3 Å². The van der Waals surface area contributed by atoms with E-state index in [0.29, 0.717) is 11.8 Å². The van der Waals surface area contributed by atoms with Gasteiger partial charge in [-0.25, -0.2) is 0 Å². The Labute approximate surface area is 146 Å². The van der Waals surface area contributed by atoms with Crippen molar-refractivity contribution in [3.05, 3.63) is 24.3 Å². The molecule has 0 radical (unpaired) electrons. The highest BCUT2D eigenvalue weighted by Crippen LogP contribution is 2.31. The van der Waals surface area contributed by atoms with E-state index in [4.69, 9.17) is 4.74 Å². The number of nitrogens with one attached hydrogen (secondary N) is 2. The second-order valence-corrected chi connectivity index (χ2v) is 6.83. The summed E-state index contributed by atoms with van der Waals surface area (Å²) in [5, 5.41) is 6.86. The first-order valence-electron chi connectivity index (χ1n) is 8.96. The Balaban J connectivity index is 1.79. The summed E-state index contributed by atoms with van der Waals surface area (Å²) in [5.41, 5.74) is 1.20. The maximum Gasteiger partial charge on any atom is 0.190 e. The van der Waals surface area contributed by atoms with Gasteiger partial charge in [-0.15, -0.1) is 0 Å². The largest absolute Gasteiger partial charge is 0.495 e. The second-order valence-electron chi connectivity index (χ2n) is 6.83. The molecule has 5 nitrogen and oxygen atoms in total. The lowest BCUT2D eigenvalue weighted by molar-refractivity contribution is 0.414. The zero-order valence-electron chi connectivity index (χ0n) is 15.5. The zero-order chi connectivity index (χ0) is 17.4. The molecule has 1 aromatic rings. The van der Waals surface area contributed by atoms with Gasteiger partial charge in [0, 0.05) is 33.2 Å². The summed E-state index contributed by atoms with van der Waals surface area (Å²) in [4.78, 5) is 6.73. The number of ether oxygens (including phenoxy) is 1. The number of aliphatic imine (C=N–C) groups is 1. The molecule has 1 atom stereocenters. The molecule has 1 aliphatic rings. The fourth-order valence-corrected chi connectivity index (χ4v) is 3.05. The number of methoxy groups -OCH3 is 1. The molecule has 24 heavy (non-hydrogen) atoms. The summed E-state index contributed by atoms with van der Waals surface area (Å²) in [7, 11) is 3.57. The Hall–Kier alpha value is -1.91. The maximum atomic E-state index is 5.49. The molecule has 5 heteroatoms. The van der Waals surface area contributed by atoms with E-state index >= 15 is 0 Å². The first-order chi connectivity index (χ1) is 11.6. The van der Waals surface area contributed by atoms with Crippen LogP contribution in [0.1, 0.15) is 26.7 Å². The molecule has 1 aliphatic heterocycles. The molecule has 0 amide bonds. The van der Waals surface area contributed by atoms with E-state index in [0.717, 1.165) is 44.3 Å². The van der Waals surface area contributed by atoms with E-state index in [9.17, 15) is 0 Å². The normalized spacial score (nSPS) is 18.1. The number of para-hydroxylation sites is 2. The van der Waals surface area contributed by atoms with Gasteiger partial charge < -0.3 is 20.3 Å². The monoisotopic (exact) mass is 332 g/mol. The van der Waals surface area contributed by atoms with Gasteiger partial charge in [0.25, 0.3) is 0 Å². The smallest absolute Gasteiger partial charge is 0.190 e. The highest BCUT2D eigenvalue weighted by atomic mass is 16.5. The summed E-state index contributed by atoms with van der Waals surface area (Å²) < 4.78 is 5.49. The Bertz CT molecular complexity index is 530. The predicted molar refractivity (Wildman–Crippen MR) is 102 cm³/mol. The molecule has 0 saturated carbocycles. The van der Waals surface area contributed by atoms with Gasteiger partial charge in [-0.05, 0) is 36.8 Å². The third-order valence-corrected chi connectivity index (χ3v) is 4.51. The lowest BCUT2D eigenvalue weighted by Gasteiger charge is -2.21. The minimum atomic E-state index is 0.624. The van der Waals surface area contributed by atoms with Gasteiger partial charge in [0.15, 0.2) is 5.96 Å². The first-order valence-corrected chi connectivity index (χ1v) is 8.96. The molecule has 0 spiro atoms. The lowest BCUT2D eigenvalue weighted by Crippen LogP contribution is -2.40. The number of guanidine groups is 1. The molecule has 2 rings (SSSR count). The highest BCUT2D eigenvalue weighted by Gasteiger charge is 2.24. The molecule has 134 valence electrons. The standard InChI is InChI=1S/C19H32N4O/c1-15(2)9-11-21-19(20-3)22-13-16-10-12-23(14-16)17-7-5-6-8-18(17)24-4/h5-8,15-16H,9-14H2,1-4H3,(H2,20,21,22). The number of benzene rings is 1. The van der Waals surface area contributed by atoms with Crippen molar-refractivity contribution in [1.29, 1.82) is 0 Å². The molecule has 1 aromatic carbocycles. The van der Waals surface area contributed by atoms with E-state index in [1.54, 1.807) is 7.11 Å².